The zero-order chi connectivity index (χ0) is 13.8. The van der Waals surface area contributed by atoms with E-state index < -0.39 is 17.5 Å². The molecule has 19 heavy (non-hydrogen) atoms. The number of halogens is 2. The smallest absolute Gasteiger partial charge is 0.251 e. The van der Waals surface area contributed by atoms with Crippen LogP contribution in [0.15, 0.2) is 41.2 Å². The molecule has 2 rings (SSSR count). The zero-order valence-electron chi connectivity index (χ0n) is 10.3. The third-order valence-corrected chi connectivity index (χ3v) is 2.68. The van der Waals surface area contributed by atoms with Gasteiger partial charge in [0.1, 0.15) is 0 Å². The van der Waals surface area contributed by atoms with Crippen molar-refractivity contribution in [3.63, 3.8) is 0 Å². The van der Waals surface area contributed by atoms with Crippen molar-refractivity contribution in [2.24, 2.45) is 0 Å². The monoisotopic (exact) mass is 265 g/mol. The van der Waals surface area contributed by atoms with Crippen LogP contribution in [-0.2, 0) is 6.42 Å². The summed E-state index contributed by atoms with van der Waals surface area (Å²) >= 11 is 0. The van der Waals surface area contributed by atoms with Crippen LogP contribution in [0.1, 0.15) is 22.8 Å². The lowest BCUT2D eigenvalue weighted by Crippen LogP contribution is -2.34. The Hall–Kier alpha value is -2.17. The summed E-state index contributed by atoms with van der Waals surface area (Å²) in [6, 6.07) is 4.73. The van der Waals surface area contributed by atoms with E-state index in [0.29, 0.717) is 6.42 Å². The average Bonchev–Trinajstić information content (AvgIpc) is 2.85. The topological polar surface area (TPSA) is 42.2 Å². The molecule has 0 unspecified atom stereocenters. The maximum absolute atomic E-state index is 13.0. The Bertz CT molecular complexity index is 567. The molecule has 100 valence electrons. The van der Waals surface area contributed by atoms with Gasteiger partial charge >= 0.3 is 0 Å². The number of amides is 1. The van der Waals surface area contributed by atoms with Gasteiger partial charge in [-0.05, 0) is 43.2 Å². The van der Waals surface area contributed by atoms with Crippen LogP contribution in [0.25, 0.3) is 0 Å². The van der Waals surface area contributed by atoms with Crippen molar-refractivity contribution >= 4 is 5.91 Å². The Morgan fingerprint density at radius 2 is 2.11 bits per heavy atom. The molecule has 0 aliphatic rings. The number of rotatable bonds is 4. The van der Waals surface area contributed by atoms with Crippen molar-refractivity contribution in [2.45, 2.75) is 19.4 Å². The molecule has 2 aromatic rings. The van der Waals surface area contributed by atoms with Gasteiger partial charge in [-0.15, -0.1) is 0 Å². The summed E-state index contributed by atoms with van der Waals surface area (Å²) in [6.45, 7) is 1.82. The van der Waals surface area contributed by atoms with E-state index in [9.17, 15) is 13.6 Å². The number of hydrogen-bond donors (Lipinski definition) is 1. The molecule has 0 saturated heterocycles. The van der Waals surface area contributed by atoms with Crippen molar-refractivity contribution < 1.29 is 18.0 Å². The van der Waals surface area contributed by atoms with E-state index in [4.69, 9.17) is 4.42 Å². The Labute approximate surface area is 109 Å². The molecule has 0 aliphatic carbocycles. The van der Waals surface area contributed by atoms with Gasteiger partial charge in [0.2, 0.25) is 0 Å². The number of carbonyl (C=O) groups excluding carboxylic acids is 1. The van der Waals surface area contributed by atoms with E-state index in [2.05, 4.69) is 5.32 Å². The number of hydrogen-bond acceptors (Lipinski definition) is 2. The van der Waals surface area contributed by atoms with Crippen molar-refractivity contribution in [1.29, 1.82) is 0 Å². The lowest BCUT2D eigenvalue weighted by atomic mass is 10.1. The molecule has 1 amide bonds. The van der Waals surface area contributed by atoms with E-state index in [1.807, 2.05) is 6.92 Å². The molecule has 5 heteroatoms. The van der Waals surface area contributed by atoms with Crippen LogP contribution < -0.4 is 5.32 Å². The van der Waals surface area contributed by atoms with Gasteiger partial charge in [-0.1, -0.05) is 0 Å². The first-order valence-electron chi connectivity index (χ1n) is 5.83. The van der Waals surface area contributed by atoms with Gasteiger partial charge in [0.05, 0.1) is 12.5 Å². The van der Waals surface area contributed by atoms with Gasteiger partial charge in [0.15, 0.2) is 11.6 Å². The van der Waals surface area contributed by atoms with E-state index in [1.54, 1.807) is 18.6 Å². The summed E-state index contributed by atoms with van der Waals surface area (Å²) in [6.07, 6.45) is 3.76. The molecule has 1 atom stereocenters. The molecule has 0 fully saturated rings. The Morgan fingerprint density at radius 3 is 2.74 bits per heavy atom. The first kappa shape index (κ1) is 13.3. The number of furan rings is 1. The van der Waals surface area contributed by atoms with E-state index >= 15 is 0 Å². The first-order valence-corrected chi connectivity index (χ1v) is 5.83. The molecule has 0 radical (unpaired) electrons. The second kappa shape index (κ2) is 5.65. The molecule has 1 aromatic carbocycles. The fourth-order valence-corrected chi connectivity index (χ4v) is 1.76. The lowest BCUT2D eigenvalue weighted by molar-refractivity contribution is 0.0939. The van der Waals surface area contributed by atoms with Gasteiger partial charge in [-0.3, -0.25) is 4.79 Å². The standard InChI is InChI=1S/C14H13F2NO2/c1-9(6-10-4-5-19-8-10)17-14(18)11-2-3-12(15)13(16)7-11/h2-5,7-9H,6H2,1H3,(H,17,18)/t9-/m1/s1. The largest absolute Gasteiger partial charge is 0.472 e. The summed E-state index contributed by atoms with van der Waals surface area (Å²) in [5.74, 6) is -2.44. The average molecular weight is 265 g/mol. The summed E-state index contributed by atoms with van der Waals surface area (Å²) < 4.78 is 30.7. The van der Waals surface area contributed by atoms with E-state index in [-0.39, 0.29) is 11.6 Å². The molecule has 3 nitrogen and oxygen atoms in total. The third-order valence-electron chi connectivity index (χ3n) is 2.68. The van der Waals surface area contributed by atoms with Crippen molar-refractivity contribution in [3.05, 3.63) is 59.6 Å². The number of carbonyl (C=O) groups is 1. The van der Waals surface area contributed by atoms with Crippen LogP contribution in [0.4, 0.5) is 8.78 Å². The first-order chi connectivity index (χ1) is 9.06. The maximum atomic E-state index is 13.0. The molecular formula is C14H13F2NO2. The van der Waals surface area contributed by atoms with E-state index in [1.165, 1.54) is 6.07 Å². The van der Waals surface area contributed by atoms with E-state index in [0.717, 1.165) is 17.7 Å². The Balaban J connectivity index is 1.98. The molecule has 1 heterocycles. The second-order valence-corrected chi connectivity index (χ2v) is 4.34. The maximum Gasteiger partial charge on any atom is 0.251 e. The molecular weight excluding hydrogens is 252 g/mol. The normalized spacial score (nSPS) is 12.2. The highest BCUT2D eigenvalue weighted by molar-refractivity contribution is 5.94. The predicted octanol–water partition coefficient (Wildman–Crippen LogP) is 2.92. The highest BCUT2D eigenvalue weighted by Crippen LogP contribution is 2.09. The molecule has 1 N–H and O–H groups in total. The fourth-order valence-electron chi connectivity index (χ4n) is 1.76. The summed E-state index contributed by atoms with van der Waals surface area (Å²) in [5, 5.41) is 2.71. The van der Waals surface area contributed by atoms with Gasteiger partial charge in [-0.25, -0.2) is 8.78 Å². The van der Waals surface area contributed by atoms with Gasteiger partial charge in [0, 0.05) is 11.6 Å². The van der Waals surface area contributed by atoms with Crippen LogP contribution in [0.5, 0.6) is 0 Å². The zero-order valence-corrected chi connectivity index (χ0v) is 10.3. The third kappa shape index (κ3) is 3.40. The predicted molar refractivity (Wildman–Crippen MR) is 65.7 cm³/mol. The van der Waals surface area contributed by atoms with Crippen LogP contribution >= 0.6 is 0 Å². The molecule has 1 aromatic heterocycles. The number of benzene rings is 1. The van der Waals surface area contributed by atoms with Crippen LogP contribution in [0, 0.1) is 11.6 Å². The van der Waals surface area contributed by atoms with Crippen molar-refractivity contribution in [1.82, 2.24) is 5.32 Å². The van der Waals surface area contributed by atoms with Gasteiger partial charge < -0.3 is 9.73 Å². The lowest BCUT2D eigenvalue weighted by Gasteiger charge is -2.13. The minimum Gasteiger partial charge on any atom is -0.472 e. The minimum absolute atomic E-state index is 0.0953. The van der Waals surface area contributed by atoms with Crippen LogP contribution in [-0.4, -0.2) is 11.9 Å². The molecule has 0 saturated carbocycles. The summed E-state index contributed by atoms with van der Waals surface area (Å²) in [4.78, 5) is 11.8. The molecule has 0 aliphatic heterocycles. The quantitative estimate of drug-likeness (QED) is 0.923. The molecule has 0 spiro atoms. The summed E-state index contributed by atoms with van der Waals surface area (Å²) in [5.41, 5.74) is 1.05. The van der Waals surface area contributed by atoms with Crippen molar-refractivity contribution in [3.8, 4) is 0 Å². The second-order valence-electron chi connectivity index (χ2n) is 4.34. The van der Waals surface area contributed by atoms with Gasteiger partial charge in [0.25, 0.3) is 5.91 Å². The highest BCUT2D eigenvalue weighted by Gasteiger charge is 2.13. The minimum atomic E-state index is -1.03. The van der Waals surface area contributed by atoms with Crippen LogP contribution in [0.2, 0.25) is 0 Å². The van der Waals surface area contributed by atoms with Crippen LogP contribution in [0.3, 0.4) is 0 Å². The summed E-state index contributed by atoms with van der Waals surface area (Å²) in [7, 11) is 0. The Kier molecular flexibility index (Phi) is 3.94. The fraction of sp³-hybridized carbons (Fsp3) is 0.214. The van der Waals surface area contributed by atoms with Gasteiger partial charge in [-0.2, -0.15) is 0 Å². The van der Waals surface area contributed by atoms with Crippen molar-refractivity contribution in [2.75, 3.05) is 0 Å². The number of nitrogens with one attached hydrogen (secondary N) is 1. The highest BCUT2D eigenvalue weighted by atomic mass is 19.2. The SMILES string of the molecule is C[C@H](Cc1ccoc1)NC(=O)c1ccc(F)c(F)c1. The Morgan fingerprint density at radius 1 is 1.32 bits per heavy atom. The molecule has 0 bridgehead atoms.